The van der Waals surface area contributed by atoms with Crippen LogP contribution in [0.15, 0.2) is 48.0 Å². The maximum absolute atomic E-state index is 4.53. The Morgan fingerprint density at radius 1 is 1.22 bits per heavy atom. The number of nitrogens with zero attached hydrogens (tertiary/aromatic N) is 1. The van der Waals surface area contributed by atoms with Gasteiger partial charge in [0.2, 0.25) is 0 Å². The highest BCUT2D eigenvalue weighted by molar-refractivity contribution is 7.09. The first-order valence-corrected chi connectivity index (χ1v) is 7.60. The molecule has 0 fully saturated rings. The summed E-state index contributed by atoms with van der Waals surface area (Å²) in [5.41, 5.74) is 0. The second-order valence-corrected chi connectivity index (χ2v) is 5.84. The standard InChI is InChI=1S/C16H21NS/c1-3-13(2)15(16-17-10-11-18-16)12-14-8-6-4-5-7-9-14/h4-11,13-15H,3,12H2,1-2H3/t13-,15?/m1/s1. The van der Waals surface area contributed by atoms with Gasteiger partial charge in [-0.05, 0) is 18.3 Å². The summed E-state index contributed by atoms with van der Waals surface area (Å²) >= 11 is 1.79. The van der Waals surface area contributed by atoms with Crippen LogP contribution in [0.25, 0.3) is 0 Å². The maximum atomic E-state index is 4.53. The van der Waals surface area contributed by atoms with Gasteiger partial charge >= 0.3 is 0 Å². The van der Waals surface area contributed by atoms with Crippen molar-refractivity contribution in [1.29, 1.82) is 0 Å². The Morgan fingerprint density at radius 2 is 1.94 bits per heavy atom. The Labute approximate surface area is 114 Å². The van der Waals surface area contributed by atoms with E-state index in [4.69, 9.17) is 0 Å². The minimum atomic E-state index is 0.530. The van der Waals surface area contributed by atoms with Crippen LogP contribution in [0.4, 0.5) is 0 Å². The van der Waals surface area contributed by atoms with Crippen molar-refractivity contribution in [3.63, 3.8) is 0 Å². The van der Waals surface area contributed by atoms with E-state index in [0.29, 0.717) is 17.8 Å². The van der Waals surface area contributed by atoms with Gasteiger partial charge in [-0.15, -0.1) is 11.3 Å². The second kappa shape index (κ2) is 6.69. The molecule has 1 aliphatic carbocycles. The van der Waals surface area contributed by atoms with Crippen LogP contribution in [0.1, 0.15) is 37.6 Å². The SMILES string of the molecule is CC[C@@H](C)C(CC1C=CC=CC=C1)c1nccs1. The molecule has 96 valence electrons. The largest absolute Gasteiger partial charge is 0.249 e. The van der Waals surface area contributed by atoms with Crippen molar-refractivity contribution in [2.45, 2.75) is 32.6 Å². The number of allylic oxidation sites excluding steroid dienone is 6. The molecule has 0 saturated carbocycles. The van der Waals surface area contributed by atoms with E-state index in [-0.39, 0.29) is 0 Å². The highest BCUT2D eigenvalue weighted by Crippen LogP contribution is 2.35. The van der Waals surface area contributed by atoms with E-state index in [1.54, 1.807) is 11.3 Å². The highest BCUT2D eigenvalue weighted by Gasteiger charge is 2.22. The summed E-state index contributed by atoms with van der Waals surface area (Å²) < 4.78 is 0. The van der Waals surface area contributed by atoms with Gasteiger partial charge in [-0.2, -0.15) is 0 Å². The molecule has 2 heteroatoms. The lowest BCUT2D eigenvalue weighted by atomic mass is 9.84. The number of thiazole rings is 1. The van der Waals surface area contributed by atoms with Crippen LogP contribution >= 0.6 is 11.3 Å². The number of hydrogen-bond donors (Lipinski definition) is 0. The fourth-order valence-electron chi connectivity index (χ4n) is 2.34. The normalized spacial score (nSPS) is 18.8. The van der Waals surface area contributed by atoms with Crippen molar-refractivity contribution in [1.82, 2.24) is 4.98 Å². The van der Waals surface area contributed by atoms with Gasteiger partial charge in [-0.25, -0.2) is 4.98 Å². The maximum Gasteiger partial charge on any atom is 0.0958 e. The van der Waals surface area contributed by atoms with Crippen molar-refractivity contribution >= 4 is 11.3 Å². The average Bonchev–Trinajstić information content (AvgIpc) is 2.79. The van der Waals surface area contributed by atoms with Gasteiger partial charge in [-0.3, -0.25) is 0 Å². The van der Waals surface area contributed by atoms with E-state index in [2.05, 4.69) is 60.7 Å². The Bertz CT molecular complexity index is 412. The summed E-state index contributed by atoms with van der Waals surface area (Å²) in [5, 5.41) is 3.38. The zero-order chi connectivity index (χ0) is 12.8. The Kier molecular flexibility index (Phi) is 4.94. The molecule has 1 nitrogen and oxygen atoms in total. The zero-order valence-electron chi connectivity index (χ0n) is 11.1. The van der Waals surface area contributed by atoms with Gasteiger partial charge in [0.25, 0.3) is 0 Å². The smallest absolute Gasteiger partial charge is 0.0958 e. The van der Waals surface area contributed by atoms with Crippen molar-refractivity contribution in [3.05, 3.63) is 53.0 Å². The Balaban J connectivity index is 2.10. The molecule has 2 rings (SSSR count). The predicted octanol–water partition coefficient (Wildman–Crippen LogP) is 4.96. The van der Waals surface area contributed by atoms with E-state index < -0.39 is 0 Å². The predicted molar refractivity (Wildman–Crippen MR) is 79.8 cm³/mol. The molecule has 18 heavy (non-hydrogen) atoms. The third kappa shape index (κ3) is 3.42. The van der Waals surface area contributed by atoms with Crippen LogP contribution in [0.5, 0.6) is 0 Å². The molecule has 0 N–H and O–H groups in total. The van der Waals surface area contributed by atoms with E-state index in [0.717, 1.165) is 6.42 Å². The first-order chi connectivity index (χ1) is 8.81. The summed E-state index contributed by atoms with van der Waals surface area (Å²) in [7, 11) is 0. The molecular weight excluding hydrogens is 238 g/mol. The summed E-state index contributed by atoms with van der Waals surface area (Å²) in [5.74, 6) is 1.80. The first kappa shape index (κ1) is 13.3. The average molecular weight is 259 g/mol. The van der Waals surface area contributed by atoms with Gasteiger partial charge in [0, 0.05) is 17.5 Å². The zero-order valence-corrected chi connectivity index (χ0v) is 11.9. The van der Waals surface area contributed by atoms with Crippen LogP contribution in [-0.2, 0) is 0 Å². The van der Waals surface area contributed by atoms with Crippen LogP contribution in [0, 0.1) is 11.8 Å². The fourth-order valence-corrected chi connectivity index (χ4v) is 3.22. The van der Waals surface area contributed by atoms with Gasteiger partial charge < -0.3 is 0 Å². The Morgan fingerprint density at radius 3 is 2.50 bits per heavy atom. The lowest BCUT2D eigenvalue weighted by Gasteiger charge is -2.23. The highest BCUT2D eigenvalue weighted by atomic mass is 32.1. The first-order valence-electron chi connectivity index (χ1n) is 6.72. The fraction of sp³-hybridized carbons (Fsp3) is 0.438. The Hall–Kier alpha value is -1.15. The van der Waals surface area contributed by atoms with E-state index in [1.807, 2.05) is 6.20 Å². The molecule has 0 amide bonds. The second-order valence-electron chi connectivity index (χ2n) is 4.92. The van der Waals surface area contributed by atoms with E-state index >= 15 is 0 Å². The van der Waals surface area contributed by atoms with E-state index in [1.165, 1.54) is 11.4 Å². The lowest BCUT2D eigenvalue weighted by Crippen LogP contribution is -2.12. The molecule has 1 unspecified atom stereocenters. The van der Waals surface area contributed by atoms with Gasteiger partial charge in [0.05, 0.1) is 5.01 Å². The van der Waals surface area contributed by atoms with E-state index in [9.17, 15) is 0 Å². The molecule has 1 heterocycles. The minimum absolute atomic E-state index is 0.530. The van der Waals surface area contributed by atoms with Crippen molar-refractivity contribution in [2.75, 3.05) is 0 Å². The molecule has 0 bridgehead atoms. The summed E-state index contributed by atoms with van der Waals surface area (Å²) in [6.45, 7) is 4.61. The number of aromatic nitrogens is 1. The van der Waals surface area contributed by atoms with Crippen molar-refractivity contribution in [3.8, 4) is 0 Å². The number of hydrogen-bond acceptors (Lipinski definition) is 2. The third-order valence-electron chi connectivity index (χ3n) is 3.68. The molecule has 1 aromatic heterocycles. The van der Waals surface area contributed by atoms with Crippen LogP contribution in [0.2, 0.25) is 0 Å². The molecule has 1 aliphatic rings. The molecule has 0 spiro atoms. The van der Waals surface area contributed by atoms with Crippen molar-refractivity contribution < 1.29 is 0 Å². The van der Waals surface area contributed by atoms with Gasteiger partial charge in [0.15, 0.2) is 0 Å². The topological polar surface area (TPSA) is 12.9 Å². The molecule has 0 saturated heterocycles. The molecule has 0 aliphatic heterocycles. The molecule has 0 aromatic carbocycles. The summed E-state index contributed by atoms with van der Waals surface area (Å²) in [6.07, 6.45) is 17.4. The number of rotatable bonds is 5. The lowest BCUT2D eigenvalue weighted by molar-refractivity contribution is 0.401. The van der Waals surface area contributed by atoms with Crippen LogP contribution < -0.4 is 0 Å². The van der Waals surface area contributed by atoms with Gasteiger partial charge in [0.1, 0.15) is 0 Å². The van der Waals surface area contributed by atoms with Crippen LogP contribution in [0.3, 0.4) is 0 Å². The monoisotopic (exact) mass is 259 g/mol. The van der Waals surface area contributed by atoms with Gasteiger partial charge in [-0.1, -0.05) is 56.7 Å². The molecule has 2 atom stereocenters. The summed E-state index contributed by atoms with van der Waals surface area (Å²) in [6, 6.07) is 0. The van der Waals surface area contributed by atoms with Crippen molar-refractivity contribution in [2.24, 2.45) is 11.8 Å². The summed E-state index contributed by atoms with van der Waals surface area (Å²) in [4.78, 5) is 4.53. The molecule has 1 aromatic rings. The molecular formula is C16H21NS. The minimum Gasteiger partial charge on any atom is -0.249 e. The molecule has 0 radical (unpaired) electrons. The van der Waals surface area contributed by atoms with Crippen LogP contribution in [-0.4, -0.2) is 4.98 Å². The third-order valence-corrected chi connectivity index (χ3v) is 4.58. The quantitative estimate of drug-likeness (QED) is 0.728.